The number of amides is 2. The van der Waals surface area contributed by atoms with Gasteiger partial charge in [-0.05, 0) is 13.0 Å². The van der Waals surface area contributed by atoms with Gasteiger partial charge in [0.1, 0.15) is 0 Å². The van der Waals surface area contributed by atoms with Crippen LogP contribution in [0.2, 0.25) is 0 Å². The molecule has 13 heavy (non-hydrogen) atoms. The van der Waals surface area contributed by atoms with Gasteiger partial charge in [0.25, 0.3) is 0 Å². The van der Waals surface area contributed by atoms with Crippen molar-refractivity contribution in [2.75, 3.05) is 6.54 Å². The summed E-state index contributed by atoms with van der Waals surface area (Å²) >= 11 is 0. The van der Waals surface area contributed by atoms with Gasteiger partial charge in [-0.25, -0.2) is 0 Å². The first-order valence-corrected chi connectivity index (χ1v) is 4.81. The predicted octanol–water partition coefficient (Wildman–Crippen LogP) is 0.427. The Labute approximate surface area is 79.1 Å². The zero-order valence-electron chi connectivity index (χ0n) is 8.52. The summed E-state index contributed by atoms with van der Waals surface area (Å²) in [4.78, 5) is 21.7. The second-order valence-electron chi connectivity index (χ2n) is 2.56. The van der Waals surface area contributed by atoms with Gasteiger partial charge in [-0.2, -0.15) is 0 Å². The molecule has 1 aliphatic rings. The summed E-state index contributed by atoms with van der Waals surface area (Å²) in [7, 11) is 0. The van der Waals surface area contributed by atoms with Crippen molar-refractivity contribution < 1.29 is 9.59 Å². The number of piperidine rings is 1. The highest BCUT2D eigenvalue weighted by Gasteiger charge is 2.24. The zero-order chi connectivity index (χ0) is 10.3. The Hall–Kier alpha value is -0.900. The third kappa shape index (κ3) is 4.03. The molecule has 2 N–H and O–H groups in total. The smallest absolute Gasteiger partial charge is 0.243 e. The molecule has 1 unspecified atom stereocenters. The summed E-state index contributed by atoms with van der Waals surface area (Å²) in [5, 5.41) is 5.26. The molecule has 4 heteroatoms. The number of carbonyl (C=O) groups is 2. The minimum absolute atomic E-state index is 0.163. The standard InChI is InChI=1S/C7H12N2O2.C2H6/c1-2-8-5-3-4-6(10)9-7(5)11;1-2/h5,8H,2-4H2,1H3,(H,9,10,11);1-2H3. The van der Waals surface area contributed by atoms with E-state index in [1.807, 2.05) is 20.8 Å². The second kappa shape index (κ2) is 6.60. The second-order valence-corrected chi connectivity index (χ2v) is 2.56. The van der Waals surface area contributed by atoms with Crippen LogP contribution in [0.3, 0.4) is 0 Å². The van der Waals surface area contributed by atoms with Crippen LogP contribution in [0.5, 0.6) is 0 Å². The van der Waals surface area contributed by atoms with Gasteiger partial charge in [0.2, 0.25) is 11.8 Å². The van der Waals surface area contributed by atoms with E-state index in [0.717, 1.165) is 6.54 Å². The normalized spacial score (nSPS) is 21.6. The Bertz CT molecular complexity index is 180. The van der Waals surface area contributed by atoms with Crippen LogP contribution in [0, 0.1) is 0 Å². The van der Waals surface area contributed by atoms with Crippen LogP contribution in [0.25, 0.3) is 0 Å². The highest BCUT2D eigenvalue weighted by molar-refractivity contribution is 6.00. The van der Waals surface area contributed by atoms with Crippen molar-refractivity contribution >= 4 is 11.8 Å². The van der Waals surface area contributed by atoms with E-state index in [1.165, 1.54) is 0 Å². The van der Waals surface area contributed by atoms with Crippen molar-refractivity contribution in [2.24, 2.45) is 0 Å². The Balaban J connectivity index is 0.000000671. The van der Waals surface area contributed by atoms with E-state index >= 15 is 0 Å². The molecule has 1 atom stereocenters. The van der Waals surface area contributed by atoms with Gasteiger partial charge < -0.3 is 5.32 Å². The number of rotatable bonds is 2. The van der Waals surface area contributed by atoms with Gasteiger partial charge >= 0.3 is 0 Å². The van der Waals surface area contributed by atoms with Crippen LogP contribution >= 0.6 is 0 Å². The molecule has 4 nitrogen and oxygen atoms in total. The number of hydrogen-bond donors (Lipinski definition) is 2. The summed E-state index contributed by atoms with van der Waals surface area (Å²) in [5.41, 5.74) is 0. The molecule has 0 aromatic heterocycles. The molecule has 0 saturated carbocycles. The maximum absolute atomic E-state index is 11.0. The summed E-state index contributed by atoms with van der Waals surface area (Å²) < 4.78 is 0. The Morgan fingerprint density at radius 1 is 1.46 bits per heavy atom. The Kier molecular flexibility index (Phi) is 6.14. The Morgan fingerprint density at radius 2 is 2.08 bits per heavy atom. The predicted molar refractivity (Wildman–Crippen MR) is 51.2 cm³/mol. The van der Waals surface area contributed by atoms with E-state index in [2.05, 4.69) is 10.6 Å². The molecule has 1 aliphatic heterocycles. The van der Waals surface area contributed by atoms with E-state index < -0.39 is 0 Å². The molecule has 0 aliphatic carbocycles. The number of hydrogen-bond acceptors (Lipinski definition) is 3. The fourth-order valence-corrected chi connectivity index (χ4v) is 1.13. The largest absolute Gasteiger partial charge is 0.306 e. The van der Waals surface area contributed by atoms with Gasteiger partial charge in [-0.1, -0.05) is 20.8 Å². The highest BCUT2D eigenvalue weighted by Crippen LogP contribution is 2.03. The quantitative estimate of drug-likeness (QED) is 0.615. The van der Waals surface area contributed by atoms with E-state index in [0.29, 0.717) is 12.8 Å². The van der Waals surface area contributed by atoms with E-state index in [4.69, 9.17) is 0 Å². The van der Waals surface area contributed by atoms with Crippen LogP contribution in [0.1, 0.15) is 33.6 Å². The lowest BCUT2D eigenvalue weighted by Crippen LogP contribution is -2.50. The van der Waals surface area contributed by atoms with E-state index in [9.17, 15) is 9.59 Å². The highest BCUT2D eigenvalue weighted by atomic mass is 16.2. The lowest BCUT2D eigenvalue weighted by Gasteiger charge is -2.20. The number of likely N-dealkylation sites (N-methyl/N-ethyl adjacent to an activating group) is 1. The van der Waals surface area contributed by atoms with E-state index in [1.54, 1.807) is 0 Å². The summed E-state index contributed by atoms with van der Waals surface area (Å²) in [5.74, 6) is -0.354. The zero-order valence-corrected chi connectivity index (χ0v) is 8.52. The molecular weight excluding hydrogens is 168 g/mol. The van der Waals surface area contributed by atoms with Crippen molar-refractivity contribution in [3.63, 3.8) is 0 Å². The van der Waals surface area contributed by atoms with Gasteiger partial charge in [-0.15, -0.1) is 0 Å². The third-order valence-corrected chi connectivity index (χ3v) is 1.69. The van der Waals surface area contributed by atoms with Gasteiger partial charge in [0, 0.05) is 6.42 Å². The minimum Gasteiger partial charge on any atom is -0.306 e. The fraction of sp³-hybridized carbons (Fsp3) is 0.778. The van der Waals surface area contributed by atoms with Crippen molar-refractivity contribution in [1.82, 2.24) is 10.6 Å². The first-order valence-electron chi connectivity index (χ1n) is 4.81. The van der Waals surface area contributed by atoms with Crippen LogP contribution in [0.15, 0.2) is 0 Å². The molecule has 1 fully saturated rings. The molecule has 1 heterocycles. The molecular formula is C9H18N2O2. The average Bonchev–Trinajstić information content (AvgIpc) is 2.14. The molecule has 2 amide bonds. The topological polar surface area (TPSA) is 58.2 Å². The lowest BCUT2D eigenvalue weighted by molar-refractivity contribution is -0.134. The fourth-order valence-electron chi connectivity index (χ4n) is 1.13. The molecule has 1 saturated heterocycles. The van der Waals surface area contributed by atoms with Crippen molar-refractivity contribution in [2.45, 2.75) is 39.7 Å². The Morgan fingerprint density at radius 3 is 2.54 bits per heavy atom. The molecule has 0 spiro atoms. The lowest BCUT2D eigenvalue weighted by atomic mass is 10.1. The van der Waals surface area contributed by atoms with Gasteiger partial charge in [-0.3, -0.25) is 14.9 Å². The van der Waals surface area contributed by atoms with Gasteiger partial charge in [0.15, 0.2) is 0 Å². The summed E-state index contributed by atoms with van der Waals surface area (Å²) in [6.45, 7) is 6.69. The van der Waals surface area contributed by atoms with Crippen molar-refractivity contribution in [3.05, 3.63) is 0 Å². The minimum atomic E-state index is -0.192. The van der Waals surface area contributed by atoms with Crippen molar-refractivity contribution in [1.29, 1.82) is 0 Å². The van der Waals surface area contributed by atoms with Gasteiger partial charge in [0.05, 0.1) is 6.04 Å². The SMILES string of the molecule is CC.CCNC1CCC(=O)NC1=O. The maximum atomic E-state index is 11.0. The molecule has 0 aromatic carbocycles. The van der Waals surface area contributed by atoms with Crippen LogP contribution in [0.4, 0.5) is 0 Å². The summed E-state index contributed by atoms with van der Waals surface area (Å²) in [6.07, 6.45) is 1.07. The monoisotopic (exact) mass is 186 g/mol. The van der Waals surface area contributed by atoms with E-state index in [-0.39, 0.29) is 17.9 Å². The molecule has 1 rings (SSSR count). The number of imide groups is 1. The average molecular weight is 186 g/mol. The number of nitrogens with one attached hydrogen (secondary N) is 2. The molecule has 0 bridgehead atoms. The first-order chi connectivity index (χ1) is 6.24. The van der Waals surface area contributed by atoms with Crippen LogP contribution in [-0.4, -0.2) is 24.4 Å². The van der Waals surface area contributed by atoms with Crippen LogP contribution < -0.4 is 10.6 Å². The molecule has 0 aromatic rings. The number of carbonyl (C=O) groups excluding carboxylic acids is 2. The first kappa shape index (κ1) is 12.1. The van der Waals surface area contributed by atoms with Crippen molar-refractivity contribution in [3.8, 4) is 0 Å². The summed E-state index contributed by atoms with van der Waals surface area (Å²) in [6, 6.07) is -0.169. The maximum Gasteiger partial charge on any atom is 0.243 e. The third-order valence-electron chi connectivity index (χ3n) is 1.69. The molecule has 76 valence electrons. The van der Waals surface area contributed by atoms with Crippen LogP contribution in [-0.2, 0) is 9.59 Å². The molecule has 0 radical (unpaired) electrons.